The largest absolute Gasteiger partial charge is 0.374 e. The van der Waals surface area contributed by atoms with Crippen LogP contribution in [0.1, 0.15) is 40.5 Å². The molecule has 0 fully saturated rings. The van der Waals surface area contributed by atoms with E-state index in [9.17, 15) is 25.4 Å². The molecule has 0 radical (unpaired) electrons. The molecule has 0 aliphatic heterocycles. The van der Waals surface area contributed by atoms with Gasteiger partial charge in [0.15, 0.2) is 10.2 Å². The van der Waals surface area contributed by atoms with Gasteiger partial charge in [-0.2, -0.15) is 0 Å². The molecular weight excluding hydrogens is 500 g/mol. The predicted molar refractivity (Wildman–Crippen MR) is 125 cm³/mol. The van der Waals surface area contributed by atoms with Gasteiger partial charge in [0.25, 0.3) is 11.9 Å². The van der Waals surface area contributed by atoms with Gasteiger partial charge in [-0.25, -0.2) is 0 Å². The van der Waals surface area contributed by atoms with Gasteiger partial charge in [-0.1, -0.05) is 27.7 Å². The first-order chi connectivity index (χ1) is 15.4. The number of pyridine rings is 2. The van der Waals surface area contributed by atoms with Gasteiger partial charge in [0.05, 0.1) is 22.0 Å². The normalized spacial score (nSPS) is 10.1. The standard InChI is InChI=1S/C10H16N3O3.C5H4BrN2O3.C5H13N/c1-8(2)3-5-11-9-7-12(14)6-4-10(9)13(15)16;6-4-3-7(9)2-1-5(4)8(10)11;1-5(2)3-4-6/h4,6-8,11,14H,3,5H2,1-2H3;1-3,9H;5H,3-4,6H2,1-2H3/q2*+1;. The van der Waals surface area contributed by atoms with E-state index in [-0.39, 0.29) is 15.8 Å². The molecule has 13 heteroatoms. The Morgan fingerprint density at radius 1 is 0.970 bits per heavy atom. The molecule has 2 aromatic rings. The Morgan fingerprint density at radius 3 is 1.85 bits per heavy atom. The van der Waals surface area contributed by atoms with Crippen molar-refractivity contribution in [1.29, 1.82) is 0 Å². The fraction of sp³-hybridized carbons (Fsp3) is 0.500. The molecule has 0 unspecified atom stereocenters. The van der Waals surface area contributed by atoms with E-state index in [2.05, 4.69) is 48.9 Å². The summed E-state index contributed by atoms with van der Waals surface area (Å²) in [5, 5.41) is 41.8. The van der Waals surface area contributed by atoms with Crippen LogP contribution in [0, 0.1) is 32.1 Å². The summed E-state index contributed by atoms with van der Waals surface area (Å²) in [5.74, 6) is 1.30. The van der Waals surface area contributed by atoms with Gasteiger partial charge in [0, 0.05) is 16.0 Å². The van der Waals surface area contributed by atoms with Gasteiger partial charge < -0.3 is 11.1 Å². The lowest BCUT2D eigenvalue weighted by Gasteiger charge is -2.06. The van der Waals surface area contributed by atoms with Crippen LogP contribution in [0.15, 0.2) is 41.4 Å². The van der Waals surface area contributed by atoms with E-state index in [0.717, 1.165) is 34.8 Å². The molecule has 0 aromatic carbocycles. The fourth-order valence-electron chi connectivity index (χ4n) is 2.20. The molecule has 2 rings (SSSR count). The molecule has 0 aliphatic rings. The summed E-state index contributed by atoms with van der Waals surface area (Å²) in [7, 11) is 0. The van der Waals surface area contributed by atoms with Crippen LogP contribution in [-0.2, 0) is 0 Å². The summed E-state index contributed by atoms with van der Waals surface area (Å²) >= 11 is 2.93. The summed E-state index contributed by atoms with van der Waals surface area (Å²) in [6, 6.07) is 2.46. The molecule has 0 atom stereocenters. The fourth-order valence-corrected chi connectivity index (χ4v) is 2.69. The third kappa shape index (κ3) is 13.2. The maximum atomic E-state index is 10.7. The Labute approximate surface area is 201 Å². The van der Waals surface area contributed by atoms with E-state index in [1.807, 2.05) is 0 Å². The highest BCUT2D eigenvalue weighted by Crippen LogP contribution is 2.21. The van der Waals surface area contributed by atoms with E-state index >= 15 is 0 Å². The van der Waals surface area contributed by atoms with Gasteiger partial charge in [0.1, 0.15) is 0 Å². The molecule has 33 heavy (non-hydrogen) atoms. The van der Waals surface area contributed by atoms with Gasteiger partial charge in [-0.3, -0.25) is 30.6 Å². The average molecular weight is 533 g/mol. The molecule has 0 bridgehead atoms. The maximum Gasteiger partial charge on any atom is 0.304 e. The first-order valence-electron chi connectivity index (χ1n) is 10.3. The summed E-state index contributed by atoms with van der Waals surface area (Å²) in [6.45, 7) is 9.97. The summed E-state index contributed by atoms with van der Waals surface area (Å²) < 4.78 is 1.77. The Bertz CT molecular complexity index is 897. The van der Waals surface area contributed by atoms with Crippen LogP contribution in [0.4, 0.5) is 17.1 Å². The van der Waals surface area contributed by atoms with E-state index in [4.69, 9.17) is 10.9 Å². The van der Waals surface area contributed by atoms with E-state index < -0.39 is 9.85 Å². The molecule has 2 heterocycles. The highest BCUT2D eigenvalue weighted by atomic mass is 79.9. The Kier molecular flexibility index (Phi) is 14.2. The first-order valence-corrected chi connectivity index (χ1v) is 11.1. The van der Waals surface area contributed by atoms with Crippen molar-refractivity contribution >= 4 is 33.0 Å². The quantitative estimate of drug-likeness (QED) is 0.173. The van der Waals surface area contributed by atoms with E-state index in [1.54, 1.807) is 0 Å². The molecule has 0 spiro atoms. The van der Waals surface area contributed by atoms with E-state index in [1.165, 1.54) is 36.9 Å². The Hall–Kier alpha value is -3.06. The number of halogens is 1. The second kappa shape index (κ2) is 15.7. The molecule has 0 amide bonds. The number of nitro groups is 2. The lowest BCUT2D eigenvalue weighted by atomic mass is 10.1. The number of hydrogen-bond acceptors (Lipinski definition) is 8. The zero-order valence-electron chi connectivity index (χ0n) is 19.2. The third-order valence-corrected chi connectivity index (χ3v) is 4.58. The van der Waals surface area contributed by atoms with Crippen molar-refractivity contribution in [3.63, 3.8) is 0 Å². The minimum Gasteiger partial charge on any atom is -0.374 e. The highest BCUT2D eigenvalue weighted by molar-refractivity contribution is 9.10. The first kappa shape index (κ1) is 29.9. The minimum atomic E-state index is -0.538. The average Bonchev–Trinajstić information content (AvgIpc) is 2.68. The van der Waals surface area contributed by atoms with E-state index in [0.29, 0.717) is 18.2 Å². The van der Waals surface area contributed by atoms with Crippen LogP contribution in [0.25, 0.3) is 0 Å². The second-order valence-electron chi connectivity index (χ2n) is 7.78. The Morgan fingerprint density at radius 2 is 1.45 bits per heavy atom. The molecule has 0 saturated heterocycles. The van der Waals surface area contributed by atoms with Gasteiger partial charge in [-0.15, -0.1) is 0 Å². The number of nitrogens with one attached hydrogen (secondary N) is 1. The molecule has 0 saturated carbocycles. The molecule has 2 aromatic heterocycles. The van der Waals surface area contributed by atoms with Crippen LogP contribution in [0.5, 0.6) is 0 Å². The second-order valence-corrected chi connectivity index (χ2v) is 8.63. The van der Waals surface area contributed by atoms with Crippen molar-refractivity contribution in [3.05, 3.63) is 61.6 Å². The predicted octanol–water partition coefficient (Wildman–Crippen LogP) is 3.45. The van der Waals surface area contributed by atoms with Crippen LogP contribution in [-0.4, -0.2) is 33.4 Å². The van der Waals surface area contributed by atoms with Crippen molar-refractivity contribution in [2.24, 2.45) is 17.6 Å². The summed E-state index contributed by atoms with van der Waals surface area (Å²) in [4.78, 5) is 19.9. The molecular formula is C20H33BrN6O6+2. The van der Waals surface area contributed by atoms with Crippen molar-refractivity contribution in [1.82, 2.24) is 0 Å². The van der Waals surface area contributed by atoms with Crippen molar-refractivity contribution in [2.75, 3.05) is 18.4 Å². The van der Waals surface area contributed by atoms with Gasteiger partial charge >= 0.3 is 5.69 Å². The maximum absolute atomic E-state index is 10.7. The van der Waals surface area contributed by atoms with Crippen molar-refractivity contribution in [3.8, 4) is 0 Å². The number of nitrogens with zero attached hydrogens (tertiary/aromatic N) is 4. The van der Waals surface area contributed by atoms with Gasteiger partial charge in [0.2, 0.25) is 18.6 Å². The van der Waals surface area contributed by atoms with Crippen molar-refractivity contribution in [2.45, 2.75) is 40.5 Å². The lowest BCUT2D eigenvalue weighted by molar-refractivity contribution is -0.905. The number of aromatic nitrogens is 2. The number of hydrogen-bond donors (Lipinski definition) is 4. The lowest BCUT2D eigenvalue weighted by Crippen LogP contribution is -2.29. The van der Waals surface area contributed by atoms with Crippen molar-refractivity contribution < 1.29 is 29.7 Å². The van der Waals surface area contributed by atoms with Crippen LogP contribution >= 0.6 is 15.9 Å². The SMILES string of the molecule is CC(C)CCN.CC(C)CCNc1c[n+](O)ccc1[N+](=O)[O-].O=[N+]([O-])c1cc[n+](O)cc1Br. The molecule has 184 valence electrons. The zero-order chi connectivity index (χ0) is 25.6. The van der Waals surface area contributed by atoms with Crippen LogP contribution < -0.4 is 20.5 Å². The van der Waals surface area contributed by atoms with Crippen LogP contribution in [0.2, 0.25) is 0 Å². The monoisotopic (exact) mass is 532 g/mol. The highest BCUT2D eigenvalue weighted by Gasteiger charge is 2.18. The Balaban J connectivity index is 0.000000520. The number of anilines is 1. The summed E-state index contributed by atoms with van der Waals surface area (Å²) in [6.07, 6.45) is 6.96. The number of nitrogens with two attached hydrogens (primary N) is 1. The zero-order valence-corrected chi connectivity index (χ0v) is 20.8. The number of rotatable bonds is 8. The van der Waals surface area contributed by atoms with Gasteiger partial charge in [-0.05, 0) is 47.2 Å². The molecule has 0 aliphatic carbocycles. The minimum absolute atomic E-state index is 0.0333. The molecule has 12 nitrogen and oxygen atoms in total. The third-order valence-electron chi connectivity index (χ3n) is 3.97. The topological polar surface area (TPSA) is 173 Å². The smallest absolute Gasteiger partial charge is 0.304 e. The van der Waals surface area contributed by atoms with Crippen LogP contribution in [0.3, 0.4) is 0 Å². The summed E-state index contributed by atoms with van der Waals surface area (Å²) in [5.41, 5.74) is 5.45. The molecule has 5 N–H and O–H groups in total.